The van der Waals surface area contributed by atoms with Crippen LogP contribution >= 0.6 is 0 Å². The minimum Gasteiger partial charge on any atom is -0.378 e. The molecule has 1 fully saturated rings. The molecule has 0 aliphatic carbocycles. The van der Waals surface area contributed by atoms with Crippen LogP contribution < -0.4 is 9.80 Å². The van der Waals surface area contributed by atoms with Gasteiger partial charge in [-0.3, -0.25) is 4.79 Å². The Morgan fingerprint density at radius 1 is 0.900 bits per heavy atom. The van der Waals surface area contributed by atoms with E-state index < -0.39 is 0 Å². The first-order valence-corrected chi connectivity index (χ1v) is 10.2. The molecule has 0 atom stereocenters. The van der Waals surface area contributed by atoms with E-state index in [0.29, 0.717) is 13.1 Å². The molecule has 6 nitrogen and oxygen atoms in total. The van der Waals surface area contributed by atoms with Gasteiger partial charge in [0.2, 0.25) is 0 Å². The van der Waals surface area contributed by atoms with Crippen LogP contribution in [-0.2, 0) is 0 Å². The minimum absolute atomic E-state index is 0.0869. The van der Waals surface area contributed by atoms with Gasteiger partial charge in [-0.2, -0.15) is 0 Å². The van der Waals surface area contributed by atoms with Crippen molar-refractivity contribution in [3.05, 3.63) is 72.1 Å². The fourth-order valence-electron chi connectivity index (χ4n) is 3.69. The number of hydrogen-bond donors (Lipinski definition) is 0. The molecule has 4 rings (SSSR count). The van der Waals surface area contributed by atoms with Crippen LogP contribution in [0.4, 0.5) is 11.5 Å². The molecular formula is C24H27N5O. The third-order valence-corrected chi connectivity index (χ3v) is 5.42. The average molecular weight is 402 g/mol. The van der Waals surface area contributed by atoms with E-state index in [9.17, 15) is 4.79 Å². The first-order valence-electron chi connectivity index (χ1n) is 10.2. The molecule has 1 aliphatic rings. The number of anilines is 2. The molecule has 0 spiro atoms. The van der Waals surface area contributed by atoms with E-state index in [1.807, 2.05) is 79.3 Å². The van der Waals surface area contributed by atoms with Gasteiger partial charge in [-0.15, -0.1) is 0 Å². The molecule has 1 aliphatic heterocycles. The highest BCUT2D eigenvalue weighted by atomic mass is 16.2. The molecule has 0 N–H and O–H groups in total. The molecular weight excluding hydrogens is 374 g/mol. The van der Waals surface area contributed by atoms with Gasteiger partial charge in [-0.25, -0.2) is 9.97 Å². The van der Waals surface area contributed by atoms with Crippen molar-refractivity contribution in [2.24, 2.45) is 0 Å². The van der Waals surface area contributed by atoms with Crippen molar-refractivity contribution in [1.29, 1.82) is 0 Å². The highest BCUT2D eigenvalue weighted by Gasteiger charge is 2.23. The number of hydrogen-bond acceptors (Lipinski definition) is 5. The van der Waals surface area contributed by atoms with Gasteiger partial charge in [0.1, 0.15) is 11.6 Å². The lowest BCUT2D eigenvalue weighted by molar-refractivity contribution is 0.0746. The Morgan fingerprint density at radius 2 is 1.57 bits per heavy atom. The number of benzene rings is 2. The summed E-state index contributed by atoms with van der Waals surface area (Å²) in [6, 6.07) is 20.0. The van der Waals surface area contributed by atoms with Gasteiger partial charge in [0.15, 0.2) is 0 Å². The van der Waals surface area contributed by atoms with Gasteiger partial charge in [0.05, 0.1) is 5.69 Å². The van der Waals surface area contributed by atoms with E-state index in [0.717, 1.165) is 47.2 Å². The number of carbonyl (C=O) groups is 1. The van der Waals surface area contributed by atoms with E-state index in [4.69, 9.17) is 0 Å². The molecule has 1 saturated heterocycles. The van der Waals surface area contributed by atoms with Gasteiger partial charge >= 0.3 is 0 Å². The summed E-state index contributed by atoms with van der Waals surface area (Å²) >= 11 is 0. The van der Waals surface area contributed by atoms with Crippen LogP contribution in [0.1, 0.15) is 16.2 Å². The molecule has 2 heterocycles. The van der Waals surface area contributed by atoms with Gasteiger partial charge < -0.3 is 14.7 Å². The number of piperazine rings is 1. The van der Waals surface area contributed by atoms with Crippen LogP contribution in [0.5, 0.6) is 0 Å². The maximum atomic E-state index is 12.9. The molecule has 154 valence electrons. The van der Waals surface area contributed by atoms with Crippen molar-refractivity contribution in [2.45, 2.75) is 6.92 Å². The van der Waals surface area contributed by atoms with Crippen LogP contribution in [0.2, 0.25) is 0 Å². The summed E-state index contributed by atoms with van der Waals surface area (Å²) < 4.78 is 0. The quantitative estimate of drug-likeness (QED) is 0.670. The summed E-state index contributed by atoms with van der Waals surface area (Å²) in [5.41, 5.74) is 3.83. The Kier molecular flexibility index (Phi) is 5.65. The third kappa shape index (κ3) is 4.27. The zero-order chi connectivity index (χ0) is 21.1. The summed E-state index contributed by atoms with van der Waals surface area (Å²) in [5, 5.41) is 0. The van der Waals surface area contributed by atoms with E-state index in [-0.39, 0.29) is 5.91 Å². The van der Waals surface area contributed by atoms with Crippen LogP contribution in [0.15, 0.2) is 60.7 Å². The maximum absolute atomic E-state index is 12.9. The van der Waals surface area contributed by atoms with Gasteiger partial charge in [0, 0.05) is 63.2 Å². The second-order valence-corrected chi connectivity index (χ2v) is 7.75. The highest BCUT2D eigenvalue weighted by Crippen LogP contribution is 2.23. The number of aryl methyl sites for hydroxylation is 1. The summed E-state index contributed by atoms with van der Waals surface area (Å²) in [6.45, 7) is 4.79. The summed E-state index contributed by atoms with van der Waals surface area (Å²) in [5.74, 6) is 1.76. The van der Waals surface area contributed by atoms with E-state index in [1.165, 1.54) is 0 Å². The molecule has 0 saturated carbocycles. The standard InChI is InChI=1S/C24H27N5O/c1-18-25-22(19-7-5-4-6-8-19)17-23(26-18)28-13-15-29(16-14-28)24(30)20-9-11-21(12-10-20)27(2)3/h4-12,17H,13-16H2,1-3H3. The molecule has 3 aromatic rings. The van der Waals surface area contributed by atoms with Gasteiger partial charge in [-0.05, 0) is 31.2 Å². The van der Waals surface area contributed by atoms with Crippen molar-refractivity contribution < 1.29 is 4.79 Å². The number of carbonyl (C=O) groups excluding carboxylic acids is 1. The maximum Gasteiger partial charge on any atom is 0.253 e. The molecule has 0 bridgehead atoms. The third-order valence-electron chi connectivity index (χ3n) is 5.42. The summed E-state index contributed by atoms with van der Waals surface area (Å²) in [7, 11) is 3.99. The van der Waals surface area contributed by atoms with E-state index in [2.05, 4.69) is 27.0 Å². The Hall–Kier alpha value is -3.41. The first kappa shape index (κ1) is 19.9. The zero-order valence-electron chi connectivity index (χ0n) is 17.7. The van der Waals surface area contributed by atoms with Crippen molar-refractivity contribution >= 4 is 17.4 Å². The number of aromatic nitrogens is 2. The predicted molar refractivity (Wildman–Crippen MR) is 121 cm³/mol. The topological polar surface area (TPSA) is 52.6 Å². The predicted octanol–water partition coefficient (Wildman–Crippen LogP) is 3.48. The number of nitrogens with zero attached hydrogens (tertiary/aromatic N) is 5. The molecule has 2 aromatic carbocycles. The molecule has 0 unspecified atom stereocenters. The fourth-order valence-corrected chi connectivity index (χ4v) is 3.69. The van der Waals surface area contributed by atoms with Crippen LogP contribution in [0.3, 0.4) is 0 Å². The Labute approximate surface area is 177 Å². The highest BCUT2D eigenvalue weighted by molar-refractivity contribution is 5.94. The van der Waals surface area contributed by atoms with Crippen LogP contribution in [0.25, 0.3) is 11.3 Å². The van der Waals surface area contributed by atoms with Crippen molar-refractivity contribution in [3.8, 4) is 11.3 Å². The molecule has 6 heteroatoms. The summed E-state index contributed by atoms with van der Waals surface area (Å²) in [6.07, 6.45) is 0. The van der Waals surface area contributed by atoms with Gasteiger partial charge in [-0.1, -0.05) is 30.3 Å². The average Bonchev–Trinajstić information content (AvgIpc) is 2.79. The lowest BCUT2D eigenvalue weighted by Crippen LogP contribution is -2.49. The Bertz CT molecular complexity index is 1010. The van der Waals surface area contributed by atoms with Gasteiger partial charge in [0.25, 0.3) is 5.91 Å². The number of amides is 1. The Morgan fingerprint density at radius 3 is 2.20 bits per heavy atom. The number of rotatable bonds is 4. The SMILES string of the molecule is Cc1nc(-c2ccccc2)cc(N2CCN(C(=O)c3ccc(N(C)C)cc3)CC2)n1. The molecule has 1 amide bonds. The Balaban J connectivity index is 1.44. The fraction of sp³-hybridized carbons (Fsp3) is 0.292. The second kappa shape index (κ2) is 8.53. The van der Waals surface area contributed by atoms with E-state index >= 15 is 0 Å². The minimum atomic E-state index is 0.0869. The monoisotopic (exact) mass is 401 g/mol. The van der Waals surface area contributed by atoms with Crippen molar-refractivity contribution in [1.82, 2.24) is 14.9 Å². The van der Waals surface area contributed by atoms with Crippen molar-refractivity contribution in [2.75, 3.05) is 50.1 Å². The molecule has 0 radical (unpaired) electrons. The lowest BCUT2D eigenvalue weighted by atomic mass is 10.1. The molecule has 30 heavy (non-hydrogen) atoms. The second-order valence-electron chi connectivity index (χ2n) is 7.75. The summed E-state index contributed by atoms with van der Waals surface area (Å²) in [4.78, 5) is 28.3. The zero-order valence-corrected chi connectivity index (χ0v) is 17.7. The van der Waals surface area contributed by atoms with Crippen LogP contribution in [0, 0.1) is 6.92 Å². The first-order chi connectivity index (χ1) is 14.5. The molecule has 1 aromatic heterocycles. The normalized spacial score (nSPS) is 14.0. The lowest BCUT2D eigenvalue weighted by Gasteiger charge is -2.35. The smallest absolute Gasteiger partial charge is 0.253 e. The van der Waals surface area contributed by atoms with Crippen LogP contribution in [-0.4, -0.2) is 61.0 Å². The van der Waals surface area contributed by atoms with E-state index in [1.54, 1.807) is 0 Å². The largest absolute Gasteiger partial charge is 0.378 e. The van der Waals surface area contributed by atoms with Crippen molar-refractivity contribution in [3.63, 3.8) is 0 Å².